The topological polar surface area (TPSA) is 72.1 Å². The van der Waals surface area contributed by atoms with E-state index in [4.69, 9.17) is 0 Å². The fourth-order valence-corrected chi connectivity index (χ4v) is 3.55. The Morgan fingerprint density at radius 2 is 2.00 bits per heavy atom. The van der Waals surface area contributed by atoms with E-state index >= 15 is 0 Å². The van der Waals surface area contributed by atoms with Gasteiger partial charge in [-0.1, -0.05) is 0 Å². The lowest BCUT2D eigenvalue weighted by Crippen LogP contribution is -2.38. The van der Waals surface area contributed by atoms with Crippen molar-refractivity contribution in [2.45, 2.75) is 45.2 Å². The molecule has 8 nitrogen and oxygen atoms in total. The van der Waals surface area contributed by atoms with E-state index in [2.05, 4.69) is 24.6 Å². The minimum atomic E-state index is 0.225. The minimum Gasteiger partial charge on any atom is -0.343 e. The number of amides is 1. The number of imidazole rings is 1. The van der Waals surface area contributed by atoms with E-state index < -0.39 is 0 Å². The van der Waals surface area contributed by atoms with Gasteiger partial charge in [-0.3, -0.25) is 4.79 Å². The lowest BCUT2D eigenvalue weighted by molar-refractivity contribution is -0.132. The van der Waals surface area contributed by atoms with Crippen molar-refractivity contribution in [1.82, 2.24) is 34.1 Å². The standard InChI is InChI=1S/C18H29N7O/c1-14-19-8-12-24(14)11-7-17(26)25-9-5-15(6-10-25)18-21-20-16(23(18)4)13-22(2)3/h8,12,15H,5-7,9-11,13H2,1-4H3. The van der Waals surface area contributed by atoms with Crippen LogP contribution in [0, 0.1) is 6.92 Å². The molecule has 1 aliphatic heterocycles. The summed E-state index contributed by atoms with van der Waals surface area (Å²) in [7, 11) is 6.10. The fraction of sp³-hybridized carbons (Fsp3) is 0.667. The summed E-state index contributed by atoms with van der Waals surface area (Å²) in [6, 6.07) is 0. The number of piperidine rings is 1. The molecule has 0 radical (unpaired) electrons. The molecule has 2 aromatic rings. The molecule has 0 atom stereocenters. The Morgan fingerprint density at radius 3 is 2.62 bits per heavy atom. The predicted molar refractivity (Wildman–Crippen MR) is 98.5 cm³/mol. The van der Waals surface area contributed by atoms with Crippen LogP contribution in [0.1, 0.15) is 42.7 Å². The molecule has 3 rings (SSSR count). The Labute approximate surface area is 154 Å². The maximum absolute atomic E-state index is 12.5. The summed E-state index contributed by atoms with van der Waals surface area (Å²) in [6.45, 7) is 5.03. The van der Waals surface area contributed by atoms with Crippen molar-refractivity contribution >= 4 is 5.91 Å². The fourth-order valence-electron chi connectivity index (χ4n) is 3.55. The third-order valence-corrected chi connectivity index (χ3v) is 5.16. The van der Waals surface area contributed by atoms with Crippen molar-refractivity contribution in [2.75, 3.05) is 27.2 Å². The highest BCUT2D eigenvalue weighted by atomic mass is 16.2. The van der Waals surface area contributed by atoms with Crippen LogP contribution in [0.4, 0.5) is 0 Å². The third-order valence-electron chi connectivity index (χ3n) is 5.16. The highest BCUT2D eigenvalue weighted by molar-refractivity contribution is 5.76. The maximum atomic E-state index is 12.5. The summed E-state index contributed by atoms with van der Waals surface area (Å²) >= 11 is 0. The van der Waals surface area contributed by atoms with E-state index in [1.165, 1.54) is 0 Å². The van der Waals surface area contributed by atoms with Gasteiger partial charge in [0.25, 0.3) is 0 Å². The summed E-state index contributed by atoms with van der Waals surface area (Å²) in [5.74, 6) is 3.58. The number of hydrogen-bond donors (Lipinski definition) is 0. The van der Waals surface area contributed by atoms with Crippen LogP contribution < -0.4 is 0 Å². The van der Waals surface area contributed by atoms with Crippen LogP contribution >= 0.6 is 0 Å². The van der Waals surface area contributed by atoms with Gasteiger partial charge in [0.2, 0.25) is 5.91 Å². The average molecular weight is 359 g/mol. The van der Waals surface area contributed by atoms with E-state index in [0.717, 1.165) is 49.9 Å². The average Bonchev–Trinajstić information content (AvgIpc) is 3.19. The first-order chi connectivity index (χ1) is 12.5. The number of likely N-dealkylation sites (tertiary alicyclic amines) is 1. The van der Waals surface area contributed by atoms with Crippen molar-refractivity contribution in [2.24, 2.45) is 7.05 Å². The van der Waals surface area contributed by atoms with E-state index in [1.807, 2.05) is 43.7 Å². The predicted octanol–water partition coefficient (Wildman–Crippen LogP) is 1.18. The molecule has 0 aromatic carbocycles. The molecule has 8 heteroatoms. The molecule has 1 fully saturated rings. The van der Waals surface area contributed by atoms with Gasteiger partial charge in [-0.15, -0.1) is 10.2 Å². The Hall–Kier alpha value is -2.22. The van der Waals surface area contributed by atoms with Gasteiger partial charge in [-0.25, -0.2) is 4.98 Å². The van der Waals surface area contributed by atoms with Crippen LogP contribution in [0.5, 0.6) is 0 Å². The molecule has 0 saturated carbocycles. The first-order valence-electron chi connectivity index (χ1n) is 9.24. The number of carbonyl (C=O) groups is 1. The smallest absolute Gasteiger partial charge is 0.224 e. The summed E-state index contributed by atoms with van der Waals surface area (Å²) in [5, 5.41) is 8.75. The van der Waals surface area contributed by atoms with Gasteiger partial charge in [0, 0.05) is 51.4 Å². The lowest BCUT2D eigenvalue weighted by atomic mass is 9.95. The first kappa shape index (κ1) is 18.6. The van der Waals surface area contributed by atoms with E-state index in [1.54, 1.807) is 6.20 Å². The van der Waals surface area contributed by atoms with E-state index in [-0.39, 0.29) is 5.91 Å². The number of aromatic nitrogens is 5. The van der Waals surface area contributed by atoms with Crippen LogP contribution in [0.2, 0.25) is 0 Å². The van der Waals surface area contributed by atoms with Crippen molar-refractivity contribution in [1.29, 1.82) is 0 Å². The molecular weight excluding hydrogens is 330 g/mol. The molecule has 0 unspecified atom stereocenters. The van der Waals surface area contributed by atoms with Crippen LogP contribution in [0.15, 0.2) is 12.4 Å². The van der Waals surface area contributed by atoms with Gasteiger partial charge in [0.05, 0.1) is 6.54 Å². The normalized spacial score (nSPS) is 15.8. The number of hydrogen-bond acceptors (Lipinski definition) is 5. The zero-order valence-electron chi connectivity index (χ0n) is 16.2. The van der Waals surface area contributed by atoms with Crippen molar-refractivity contribution in [3.63, 3.8) is 0 Å². The van der Waals surface area contributed by atoms with Gasteiger partial charge >= 0.3 is 0 Å². The molecule has 0 bridgehead atoms. The zero-order chi connectivity index (χ0) is 18.7. The second kappa shape index (κ2) is 7.99. The summed E-state index contributed by atoms with van der Waals surface area (Å²) in [4.78, 5) is 20.8. The quantitative estimate of drug-likeness (QED) is 0.774. The van der Waals surface area contributed by atoms with Gasteiger partial charge in [0.15, 0.2) is 0 Å². The first-order valence-corrected chi connectivity index (χ1v) is 9.24. The summed E-state index contributed by atoms with van der Waals surface area (Å²) in [6.07, 6.45) is 6.12. The zero-order valence-corrected chi connectivity index (χ0v) is 16.2. The van der Waals surface area contributed by atoms with Crippen LogP contribution in [-0.4, -0.2) is 67.2 Å². The Morgan fingerprint density at radius 1 is 1.27 bits per heavy atom. The SMILES string of the molecule is Cc1nccn1CCC(=O)N1CCC(c2nnc(CN(C)C)n2C)CC1. The molecule has 0 spiro atoms. The summed E-state index contributed by atoms with van der Waals surface area (Å²) < 4.78 is 4.14. The number of rotatable bonds is 6. The monoisotopic (exact) mass is 359 g/mol. The highest BCUT2D eigenvalue weighted by Gasteiger charge is 2.27. The molecule has 0 N–H and O–H groups in total. The van der Waals surface area contributed by atoms with E-state index in [9.17, 15) is 4.79 Å². The second-order valence-corrected chi connectivity index (χ2v) is 7.34. The largest absolute Gasteiger partial charge is 0.343 e. The van der Waals surface area contributed by atoms with Crippen molar-refractivity contribution in [3.8, 4) is 0 Å². The van der Waals surface area contributed by atoms with Gasteiger partial charge in [0.1, 0.15) is 17.5 Å². The van der Waals surface area contributed by atoms with Crippen LogP contribution in [0.25, 0.3) is 0 Å². The van der Waals surface area contributed by atoms with Crippen molar-refractivity contribution in [3.05, 3.63) is 29.9 Å². The molecule has 2 aromatic heterocycles. The van der Waals surface area contributed by atoms with Crippen LogP contribution in [-0.2, 0) is 24.9 Å². The maximum Gasteiger partial charge on any atom is 0.224 e. The molecule has 0 aliphatic carbocycles. The van der Waals surface area contributed by atoms with Crippen LogP contribution in [0.3, 0.4) is 0 Å². The number of nitrogens with zero attached hydrogens (tertiary/aromatic N) is 7. The molecular formula is C18H29N7O. The number of aryl methyl sites for hydroxylation is 2. The third kappa shape index (κ3) is 4.12. The molecule has 1 amide bonds. The van der Waals surface area contributed by atoms with Gasteiger partial charge < -0.3 is 18.9 Å². The summed E-state index contributed by atoms with van der Waals surface area (Å²) in [5.41, 5.74) is 0. The molecule has 26 heavy (non-hydrogen) atoms. The molecule has 1 aliphatic rings. The van der Waals surface area contributed by atoms with Gasteiger partial charge in [-0.2, -0.15) is 0 Å². The number of carbonyl (C=O) groups excluding carboxylic acids is 1. The minimum absolute atomic E-state index is 0.225. The Balaban J connectivity index is 1.52. The van der Waals surface area contributed by atoms with Gasteiger partial charge in [-0.05, 0) is 33.9 Å². The second-order valence-electron chi connectivity index (χ2n) is 7.34. The molecule has 3 heterocycles. The highest BCUT2D eigenvalue weighted by Crippen LogP contribution is 2.27. The molecule has 142 valence electrons. The molecule has 1 saturated heterocycles. The Bertz CT molecular complexity index is 741. The lowest BCUT2D eigenvalue weighted by Gasteiger charge is -2.31. The van der Waals surface area contributed by atoms with Crippen molar-refractivity contribution < 1.29 is 4.79 Å². The Kier molecular flexibility index (Phi) is 5.70. The van der Waals surface area contributed by atoms with E-state index in [0.29, 0.717) is 18.9 Å².